The van der Waals surface area contributed by atoms with Crippen molar-refractivity contribution in [1.82, 2.24) is 24.5 Å². The molecule has 28 heavy (non-hydrogen) atoms. The molecule has 1 amide bonds. The van der Waals surface area contributed by atoms with Gasteiger partial charge in [-0.1, -0.05) is 0 Å². The molecule has 7 nitrogen and oxygen atoms in total. The van der Waals surface area contributed by atoms with Gasteiger partial charge >= 0.3 is 6.18 Å². The molecule has 0 N–H and O–H groups in total. The SMILES string of the molecule is O=C(C[C@H]1CCCCO1)N1CCC(c2cc(C(F)(F)F)n3ncnc3n2)CC1. The number of fused-ring (bicyclic) bond motifs is 1. The van der Waals surface area contributed by atoms with Crippen molar-refractivity contribution in [3.8, 4) is 0 Å². The monoisotopic (exact) mass is 397 g/mol. The molecule has 0 spiro atoms. The van der Waals surface area contributed by atoms with Crippen LogP contribution in [-0.4, -0.2) is 56.2 Å². The van der Waals surface area contributed by atoms with Gasteiger partial charge in [0.25, 0.3) is 5.78 Å². The Balaban J connectivity index is 1.43. The van der Waals surface area contributed by atoms with Crippen molar-refractivity contribution in [2.75, 3.05) is 19.7 Å². The van der Waals surface area contributed by atoms with E-state index in [1.807, 2.05) is 0 Å². The zero-order valence-corrected chi connectivity index (χ0v) is 15.4. The number of nitrogens with zero attached hydrogens (tertiary/aromatic N) is 5. The molecule has 4 heterocycles. The molecule has 2 aromatic rings. The minimum Gasteiger partial charge on any atom is -0.378 e. The fourth-order valence-corrected chi connectivity index (χ4v) is 3.96. The predicted molar refractivity (Wildman–Crippen MR) is 92.5 cm³/mol. The fourth-order valence-electron chi connectivity index (χ4n) is 3.96. The van der Waals surface area contributed by atoms with Crippen LogP contribution in [0.5, 0.6) is 0 Å². The topological polar surface area (TPSA) is 72.6 Å². The third kappa shape index (κ3) is 3.96. The second-order valence-electron chi connectivity index (χ2n) is 7.38. The molecule has 2 aliphatic rings. The molecule has 0 bridgehead atoms. The van der Waals surface area contributed by atoms with Crippen molar-refractivity contribution in [3.63, 3.8) is 0 Å². The number of carbonyl (C=O) groups excluding carboxylic acids is 1. The van der Waals surface area contributed by atoms with Crippen LogP contribution in [0, 0.1) is 0 Å². The molecule has 1 atom stereocenters. The summed E-state index contributed by atoms with van der Waals surface area (Å²) in [6.45, 7) is 1.73. The lowest BCUT2D eigenvalue weighted by molar-refractivity contribution is -0.142. The van der Waals surface area contributed by atoms with E-state index in [9.17, 15) is 18.0 Å². The summed E-state index contributed by atoms with van der Waals surface area (Å²) in [5.74, 6) is -0.141. The molecule has 2 fully saturated rings. The number of amides is 1. The summed E-state index contributed by atoms with van der Waals surface area (Å²) < 4.78 is 46.4. The van der Waals surface area contributed by atoms with E-state index in [-0.39, 0.29) is 23.7 Å². The number of likely N-dealkylation sites (tertiary alicyclic amines) is 1. The van der Waals surface area contributed by atoms with Crippen LogP contribution in [0.15, 0.2) is 12.4 Å². The summed E-state index contributed by atoms with van der Waals surface area (Å²) in [6, 6.07) is 1.06. The maximum Gasteiger partial charge on any atom is 0.433 e. The second kappa shape index (κ2) is 7.65. The Hall–Kier alpha value is -2.23. The number of aromatic nitrogens is 4. The number of piperidine rings is 1. The molecule has 0 aliphatic carbocycles. The Morgan fingerprint density at radius 3 is 2.68 bits per heavy atom. The first-order chi connectivity index (χ1) is 13.4. The summed E-state index contributed by atoms with van der Waals surface area (Å²) in [7, 11) is 0. The van der Waals surface area contributed by atoms with Gasteiger partial charge in [-0.2, -0.15) is 27.8 Å². The number of rotatable bonds is 3. The third-order valence-electron chi connectivity index (χ3n) is 5.50. The van der Waals surface area contributed by atoms with Gasteiger partial charge in [0.15, 0.2) is 5.69 Å². The van der Waals surface area contributed by atoms with Gasteiger partial charge in [-0.15, -0.1) is 0 Å². The molecule has 10 heteroatoms. The van der Waals surface area contributed by atoms with Gasteiger partial charge < -0.3 is 9.64 Å². The highest BCUT2D eigenvalue weighted by Gasteiger charge is 2.36. The minimum absolute atomic E-state index is 0.00895. The van der Waals surface area contributed by atoms with E-state index in [2.05, 4.69) is 15.1 Å². The van der Waals surface area contributed by atoms with Gasteiger partial charge in [0, 0.05) is 31.3 Å². The Labute approximate surface area is 159 Å². The summed E-state index contributed by atoms with van der Waals surface area (Å²) in [5, 5.41) is 3.62. The number of hydrogen-bond donors (Lipinski definition) is 0. The lowest BCUT2D eigenvalue weighted by Gasteiger charge is -2.33. The third-order valence-corrected chi connectivity index (χ3v) is 5.50. The standard InChI is InChI=1S/C18H22F3N5O2/c19-18(20,21)15-10-14(24-17-22-11-23-26(15)17)12-4-6-25(7-5-12)16(27)9-13-3-1-2-8-28-13/h10-13H,1-9H2/t13-/m1/s1. The minimum atomic E-state index is -4.54. The van der Waals surface area contributed by atoms with Crippen LogP contribution >= 0.6 is 0 Å². The molecule has 2 aliphatic heterocycles. The number of halogens is 3. The van der Waals surface area contributed by atoms with E-state index in [0.29, 0.717) is 49.2 Å². The Morgan fingerprint density at radius 1 is 1.21 bits per heavy atom. The summed E-state index contributed by atoms with van der Waals surface area (Å²) in [4.78, 5) is 22.4. The first kappa shape index (κ1) is 19.1. The molecular weight excluding hydrogens is 375 g/mol. The highest BCUT2D eigenvalue weighted by atomic mass is 19.4. The molecule has 0 saturated carbocycles. The van der Waals surface area contributed by atoms with Gasteiger partial charge in [-0.3, -0.25) is 4.79 Å². The van der Waals surface area contributed by atoms with Crippen molar-refractivity contribution in [2.24, 2.45) is 0 Å². The highest BCUT2D eigenvalue weighted by Crippen LogP contribution is 2.33. The van der Waals surface area contributed by atoms with E-state index < -0.39 is 11.9 Å². The van der Waals surface area contributed by atoms with Crippen molar-refractivity contribution in [2.45, 2.75) is 56.7 Å². The zero-order valence-electron chi connectivity index (χ0n) is 15.4. The van der Waals surface area contributed by atoms with Gasteiger partial charge in [-0.25, -0.2) is 4.98 Å². The lowest BCUT2D eigenvalue weighted by atomic mass is 9.92. The maximum atomic E-state index is 13.4. The van der Waals surface area contributed by atoms with Crippen LogP contribution in [0.3, 0.4) is 0 Å². The zero-order chi connectivity index (χ0) is 19.7. The Bertz CT molecular complexity index is 839. The van der Waals surface area contributed by atoms with Crippen LogP contribution in [0.2, 0.25) is 0 Å². The van der Waals surface area contributed by atoms with E-state index in [1.165, 1.54) is 0 Å². The molecule has 2 aromatic heterocycles. The van der Waals surface area contributed by atoms with E-state index >= 15 is 0 Å². The smallest absolute Gasteiger partial charge is 0.378 e. The molecule has 0 radical (unpaired) electrons. The van der Waals surface area contributed by atoms with Gasteiger partial charge in [0.05, 0.1) is 12.5 Å². The van der Waals surface area contributed by atoms with Crippen LogP contribution in [0.4, 0.5) is 13.2 Å². The van der Waals surface area contributed by atoms with Gasteiger partial charge in [0.1, 0.15) is 6.33 Å². The molecule has 152 valence electrons. The van der Waals surface area contributed by atoms with E-state index in [1.54, 1.807) is 4.90 Å². The number of carbonyl (C=O) groups is 1. The van der Waals surface area contributed by atoms with Crippen LogP contribution in [0.1, 0.15) is 55.8 Å². The Morgan fingerprint density at radius 2 is 2.00 bits per heavy atom. The fraction of sp³-hybridized carbons (Fsp3) is 0.667. The molecular formula is C18H22F3N5O2. The molecule has 2 saturated heterocycles. The van der Waals surface area contributed by atoms with Gasteiger partial charge in [0.2, 0.25) is 5.91 Å². The normalized spacial score (nSPS) is 22.0. The number of hydrogen-bond acceptors (Lipinski definition) is 5. The van der Waals surface area contributed by atoms with Crippen LogP contribution in [0.25, 0.3) is 5.78 Å². The lowest BCUT2D eigenvalue weighted by Crippen LogP contribution is -2.40. The number of ether oxygens (including phenoxy) is 1. The second-order valence-corrected chi connectivity index (χ2v) is 7.38. The van der Waals surface area contributed by atoms with Crippen molar-refractivity contribution in [1.29, 1.82) is 0 Å². The number of alkyl halides is 3. The molecule has 0 unspecified atom stereocenters. The largest absolute Gasteiger partial charge is 0.433 e. The highest BCUT2D eigenvalue weighted by molar-refractivity contribution is 5.76. The van der Waals surface area contributed by atoms with Crippen molar-refractivity contribution >= 4 is 11.7 Å². The first-order valence-corrected chi connectivity index (χ1v) is 9.59. The molecule has 4 rings (SSSR count). The van der Waals surface area contributed by atoms with Crippen molar-refractivity contribution < 1.29 is 22.7 Å². The quantitative estimate of drug-likeness (QED) is 0.796. The van der Waals surface area contributed by atoms with E-state index in [0.717, 1.165) is 31.7 Å². The Kier molecular flexibility index (Phi) is 5.22. The summed E-state index contributed by atoms with van der Waals surface area (Å²) in [5.41, 5.74) is -0.520. The first-order valence-electron chi connectivity index (χ1n) is 9.59. The average molecular weight is 397 g/mol. The van der Waals surface area contributed by atoms with E-state index in [4.69, 9.17) is 4.74 Å². The van der Waals surface area contributed by atoms with Crippen LogP contribution in [-0.2, 0) is 15.7 Å². The molecule has 0 aromatic carbocycles. The summed E-state index contributed by atoms with van der Waals surface area (Å²) in [6.07, 6.45) is 1.08. The summed E-state index contributed by atoms with van der Waals surface area (Å²) >= 11 is 0. The van der Waals surface area contributed by atoms with Crippen LogP contribution < -0.4 is 0 Å². The van der Waals surface area contributed by atoms with Gasteiger partial charge in [-0.05, 0) is 38.2 Å². The van der Waals surface area contributed by atoms with Crippen molar-refractivity contribution in [3.05, 3.63) is 23.8 Å². The predicted octanol–water partition coefficient (Wildman–Crippen LogP) is 2.81. The maximum absolute atomic E-state index is 13.4. The average Bonchev–Trinajstić information content (AvgIpc) is 3.16.